The quantitative estimate of drug-likeness (QED) is 0.519. The van der Waals surface area contributed by atoms with Crippen molar-refractivity contribution in [3.8, 4) is 5.75 Å². The van der Waals surface area contributed by atoms with Gasteiger partial charge in [-0.05, 0) is 79.5 Å². The molecule has 1 aliphatic heterocycles. The Balaban J connectivity index is 1.31. The van der Waals surface area contributed by atoms with E-state index in [2.05, 4.69) is 50.1 Å². The summed E-state index contributed by atoms with van der Waals surface area (Å²) in [6.07, 6.45) is 4.10. The standard InChI is InChI=1S/C25H27BrN2O2/c26-20-5-2-6-21-24(20)18-10-16-13-28(8-7-14(16)11-22(18)27-21)25(19-12-23(19)30)15-3-1-4-17(29)9-15/h1-6,9,14,16,19,23,25,27,29-30H,7-8,10-13H2. The van der Waals surface area contributed by atoms with Gasteiger partial charge in [0.05, 0.1) is 6.10 Å². The highest BCUT2D eigenvalue weighted by Gasteiger charge is 2.47. The molecular formula is C25H27BrN2O2. The van der Waals surface area contributed by atoms with Crippen molar-refractivity contribution in [2.24, 2.45) is 17.8 Å². The minimum atomic E-state index is -0.211. The lowest BCUT2D eigenvalue weighted by Crippen LogP contribution is -2.46. The third kappa shape index (κ3) is 3.10. The summed E-state index contributed by atoms with van der Waals surface area (Å²) in [7, 11) is 0. The van der Waals surface area contributed by atoms with Crippen LogP contribution in [0.5, 0.6) is 5.75 Å². The number of halogens is 1. The van der Waals surface area contributed by atoms with Crippen LogP contribution in [0.25, 0.3) is 10.9 Å². The van der Waals surface area contributed by atoms with Crippen molar-refractivity contribution in [3.63, 3.8) is 0 Å². The van der Waals surface area contributed by atoms with Gasteiger partial charge in [-0.2, -0.15) is 0 Å². The number of likely N-dealkylation sites (tertiary alicyclic amines) is 1. The van der Waals surface area contributed by atoms with E-state index in [9.17, 15) is 10.2 Å². The minimum Gasteiger partial charge on any atom is -0.508 e. The molecule has 0 amide bonds. The second-order valence-corrected chi connectivity index (χ2v) is 10.3. The van der Waals surface area contributed by atoms with Crippen molar-refractivity contribution in [2.75, 3.05) is 13.1 Å². The van der Waals surface area contributed by atoms with Crippen molar-refractivity contribution in [2.45, 2.75) is 37.8 Å². The number of nitrogens with one attached hydrogen (secondary N) is 1. The lowest BCUT2D eigenvalue weighted by atomic mass is 9.73. The number of benzene rings is 2. The number of H-pyrrole nitrogens is 1. The van der Waals surface area contributed by atoms with E-state index in [1.165, 1.54) is 33.1 Å². The summed E-state index contributed by atoms with van der Waals surface area (Å²) in [6.45, 7) is 2.12. The molecule has 3 aromatic rings. The average molecular weight is 467 g/mol. The van der Waals surface area contributed by atoms with Gasteiger partial charge in [-0.3, -0.25) is 4.90 Å². The summed E-state index contributed by atoms with van der Waals surface area (Å²) in [5.41, 5.74) is 5.29. The van der Waals surface area contributed by atoms with Gasteiger partial charge in [0.25, 0.3) is 0 Å². The number of hydrogen-bond donors (Lipinski definition) is 3. The fourth-order valence-electron chi connectivity index (χ4n) is 6.09. The molecule has 5 unspecified atom stereocenters. The van der Waals surface area contributed by atoms with Crippen LogP contribution in [0.3, 0.4) is 0 Å². The van der Waals surface area contributed by atoms with Crippen LogP contribution in [0.15, 0.2) is 46.9 Å². The SMILES string of the molecule is Oc1cccc(C(C2CC2O)N2CCC3Cc4[nH]c5cccc(Br)c5c4CC3C2)c1. The number of rotatable bonds is 3. The first-order chi connectivity index (χ1) is 14.6. The number of nitrogens with zero attached hydrogens (tertiary/aromatic N) is 1. The van der Waals surface area contributed by atoms with Crippen LogP contribution in [-0.2, 0) is 12.8 Å². The summed E-state index contributed by atoms with van der Waals surface area (Å²) >= 11 is 3.77. The van der Waals surface area contributed by atoms with Gasteiger partial charge in [0.1, 0.15) is 5.75 Å². The lowest BCUT2D eigenvalue weighted by molar-refractivity contribution is 0.0583. The zero-order valence-corrected chi connectivity index (χ0v) is 18.5. The highest BCUT2D eigenvalue weighted by molar-refractivity contribution is 9.10. The third-order valence-electron chi connectivity index (χ3n) is 7.64. The number of hydrogen-bond acceptors (Lipinski definition) is 3. The van der Waals surface area contributed by atoms with Gasteiger partial charge in [-0.15, -0.1) is 0 Å². The number of aromatic hydroxyl groups is 1. The Labute approximate surface area is 185 Å². The van der Waals surface area contributed by atoms with E-state index in [1.54, 1.807) is 6.07 Å². The molecule has 0 spiro atoms. The van der Waals surface area contributed by atoms with Crippen molar-refractivity contribution in [3.05, 3.63) is 63.8 Å². The molecule has 5 heteroatoms. The van der Waals surface area contributed by atoms with E-state index in [1.807, 2.05) is 12.1 Å². The molecule has 6 rings (SSSR count). The molecule has 1 saturated carbocycles. The van der Waals surface area contributed by atoms with Gasteiger partial charge >= 0.3 is 0 Å². The smallest absolute Gasteiger partial charge is 0.115 e. The summed E-state index contributed by atoms with van der Waals surface area (Å²) < 4.78 is 1.18. The van der Waals surface area contributed by atoms with Gasteiger partial charge in [0.2, 0.25) is 0 Å². The van der Waals surface area contributed by atoms with E-state index in [0.717, 1.165) is 43.8 Å². The van der Waals surface area contributed by atoms with Crippen molar-refractivity contribution in [1.29, 1.82) is 0 Å². The molecule has 1 aromatic heterocycles. The molecule has 1 saturated heterocycles. The maximum atomic E-state index is 10.2. The lowest BCUT2D eigenvalue weighted by Gasteiger charge is -2.44. The average Bonchev–Trinajstić information content (AvgIpc) is 3.31. The number of fused-ring (bicyclic) bond motifs is 4. The van der Waals surface area contributed by atoms with Crippen LogP contribution >= 0.6 is 15.9 Å². The number of piperidine rings is 1. The Morgan fingerprint density at radius 2 is 1.93 bits per heavy atom. The van der Waals surface area contributed by atoms with E-state index in [-0.39, 0.29) is 18.1 Å². The Morgan fingerprint density at radius 1 is 1.10 bits per heavy atom. The first-order valence-corrected chi connectivity index (χ1v) is 11.9. The first-order valence-electron chi connectivity index (χ1n) is 11.1. The van der Waals surface area contributed by atoms with Crippen LogP contribution in [-0.4, -0.2) is 39.3 Å². The Bertz CT molecular complexity index is 1110. The molecule has 3 aliphatic rings. The van der Waals surface area contributed by atoms with Crippen LogP contribution in [0.1, 0.15) is 35.7 Å². The van der Waals surface area contributed by atoms with Crippen molar-refractivity contribution < 1.29 is 10.2 Å². The Kier molecular flexibility index (Phi) is 4.48. The summed E-state index contributed by atoms with van der Waals surface area (Å²) in [5.74, 6) is 1.95. The molecule has 4 nitrogen and oxygen atoms in total. The summed E-state index contributed by atoms with van der Waals surface area (Å²) in [4.78, 5) is 6.27. The molecule has 0 radical (unpaired) electrons. The van der Waals surface area contributed by atoms with Crippen LogP contribution in [0.4, 0.5) is 0 Å². The van der Waals surface area contributed by atoms with Gasteiger partial charge in [-0.25, -0.2) is 0 Å². The number of phenols is 1. The Morgan fingerprint density at radius 3 is 2.73 bits per heavy atom. The molecule has 3 N–H and O–H groups in total. The largest absolute Gasteiger partial charge is 0.508 e. The normalized spacial score (nSPS) is 29.4. The molecule has 30 heavy (non-hydrogen) atoms. The second-order valence-electron chi connectivity index (χ2n) is 9.46. The van der Waals surface area contributed by atoms with Gasteiger partial charge in [0, 0.05) is 39.6 Å². The number of phenolic OH excluding ortho intramolecular Hbond substituents is 1. The molecule has 2 fully saturated rings. The number of aliphatic hydroxyl groups excluding tert-OH is 1. The summed E-state index contributed by atoms with van der Waals surface area (Å²) in [5, 5.41) is 21.6. The van der Waals surface area contributed by atoms with E-state index >= 15 is 0 Å². The van der Waals surface area contributed by atoms with Crippen molar-refractivity contribution >= 4 is 26.8 Å². The third-order valence-corrected chi connectivity index (χ3v) is 8.30. The first kappa shape index (κ1) is 18.9. The van der Waals surface area contributed by atoms with E-state index in [0.29, 0.717) is 11.7 Å². The molecule has 156 valence electrons. The highest BCUT2D eigenvalue weighted by atomic mass is 79.9. The highest BCUT2D eigenvalue weighted by Crippen LogP contribution is 2.48. The molecule has 2 heterocycles. The zero-order valence-electron chi connectivity index (χ0n) is 16.9. The van der Waals surface area contributed by atoms with Crippen LogP contribution < -0.4 is 0 Å². The molecule has 5 atom stereocenters. The van der Waals surface area contributed by atoms with Gasteiger partial charge < -0.3 is 15.2 Å². The maximum Gasteiger partial charge on any atom is 0.115 e. The number of aliphatic hydroxyl groups is 1. The molecule has 2 aliphatic carbocycles. The summed E-state index contributed by atoms with van der Waals surface area (Å²) in [6, 6.07) is 14.3. The van der Waals surface area contributed by atoms with Crippen LogP contribution in [0, 0.1) is 17.8 Å². The maximum absolute atomic E-state index is 10.2. The Hall–Kier alpha value is -1.82. The fraction of sp³-hybridized carbons (Fsp3) is 0.440. The predicted octanol–water partition coefficient (Wildman–Crippen LogP) is 4.79. The van der Waals surface area contributed by atoms with Crippen molar-refractivity contribution in [1.82, 2.24) is 9.88 Å². The topological polar surface area (TPSA) is 59.5 Å². The predicted molar refractivity (Wildman–Crippen MR) is 122 cm³/mol. The van der Waals surface area contributed by atoms with E-state index < -0.39 is 0 Å². The number of aromatic nitrogens is 1. The van der Waals surface area contributed by atoms with Crippen LogP contribution in [0.2, 0.25) is 0 Å². The fourth-order valence-corrected chi connectivity index (χ4v) is 6.69. The van der Waals surface area contributed by atoms with Gasteiger partial charge in [0.15, 0.2) is 0 Å². The molecular weight excluding hydrogens is 440 g/mol. The van der Waals surface area contributed by atoms with E-state index in [4.69, 9.17) is 0 Å². The van der Waals surface area contributed by atoms with Gasteiger partial charge in [-0.1, -0.05) is 34.1 Å². The zero-order chi connectivity index (χ0) is 20.4. The second kappa shape index (κ2) is 7.11. The monoisotopic (exact) mass is 466 g/mol. The molecule has 2 aromatic carbocycles. The minimum absolute atomic E-state index is 0.198. The number of aromatic amines is 1. The molecule has 0 bridgehead atoms.